The number of para-hydroxylation sites is 1. The van der Waals surface area contributed by atoms with E-state index in [-0.39, 0.29) is 0 Å². The number of rotatable bonds is 4. The largest absolute Gasteiger partial charge is 0.496 e. The molecular formula is C12H18O2. The van der Waals surface area contributed by atoms with Gasteiger partial charge in [-0.2, -0.15) is 0 Å². The van der Waals surface area contributed by atoms with E-state index < -0.39 is 5.60 Å². The highest BCUT2D eigenvalue weighted by Gasteiger charge is 2.24. The van der Waals surface area contributed by atoms with Crippen LogP contribution < -0.4 is 4.74 Å². The van der Waals surface area contributed by atoms with E-state index in [2.05, 4.69) is 6.92 Å². The Hall–Kier alpha value is -1.02. The maximum absolute atomic E-state index is 10.2. The second-order valence-electron chi connectivity index (χ2n) is 3.72. The Morgan fingerprint density at radius 1 is 1.36 bits per heavy atom. The van der Waals surface area contributed by atoms with Gasteiger partial charge in [-0.25, -0.2) is 0 Å². The van der Waals surface area contributed by atoms with E-state index >= 15 is 0 Å². The second-order valence-corrected chi connectivity index (χ2v) is 3.72. The van der Waals surface area contributed by atoms with Crippen LogP contribution in [0.4, 0.5) is 0 Å². The first-order valence-electron chi connectivity index (χ1n) is 4.97. The fourth-order valence-corrected chi connectivity index (χ4v) is 1.71. The zero-order chi connectivity index (χ0) is 10.6. The van der Waals surface area contributed by atoms with E-state index in [1.54, 1.807) is 7.11 Å². The van der Waals surface area contributed by atoms with Gasteiger partial charge in [0.1, 0.15) is 5.75 Å². The molecule has 0 radical (unpaired) electrons. The smallest absolute Gasteiger partial charge is 0.124 e. The summed E-state index contributed by atoms with van der Waals surface area (Å²) in [5.74, 6) is 0.756. The summed E-state index contributed by atoms with van der Waals surface area (Å²) in [5, 5.41) is 10.2. The lowest BCUT2D eigenvalue weighted by Gasteiger charge is -2.25. The maximum Gasteiger partial charge on any atom is 0.124 e. The Bertz CT molecular complexity index is 292. The van der Waals surface area contributed by atoms with Crippen molar-refractivity contribution in [3.8, 4) is 5.75 Å². The lowest BCUT2D eigenvalue weighted by Crippen LogP contribution is -2.21. The normalized spacial score (nSPS) is 14.9. The van der Waals surface area contributed by atoms with Gasteiger partial charge in [0.15, 0.2) is 0 Å². The van der Waals surface area contributed by atoms with Crippen LogP contribution >= 0.6 is 0 Å². The van der Waals surface area contributed by atoms with Crippen molar-refractivity contribution in [2.45, 2.75) is 32.3 Å². The third kappa shape index (κ3) is 2.26. The van der Waals surface area contributed by atoms with Crippen molar-refractivity contribution in [3.63, 3.8) is 0 Å². The van der Waals surface area contributed by atoms with Crippen LogP contribution in [0.2, 0.25) is 0 Å². The van der Waals surface area contributed by atoms with Crippen molar-refractivity contribution in [2.24, 2.45) is 0 Å². The third-order valence-corrected chi connectivity index (χ3v) is 2.42. The van der Waals surface area contributed by atoms with Gasteiger partial charge in [0.05, 0.1) is 12.7 Å². The topological polar surface area (TPSA) is 29.5 Å². The van der Waals surface area contributed by atoms with Crippen molar-refractivity contribution in [1.29, 1.82) is 0 Å². The van der Waals surface area contributed by atoms with Gasteiger partial charge in [0.2, 0.25) is 0 Å². The lowest BCUT2D eigenvalue weighted by molar-refractivity contribution is 0.0445. The maximum atomic E-state index is 10.2. The van der Waals surface area contributed by atoms with Crippen molar-refractivity contribution in [2.75, 3.05) is 7.11 Å². The molecule has 0 aliphatic heterocycles. The molecule has 78 valence electrons. The van der Waals surface area contributed by atoms with Crippen molar-refractivity contribution in [1.82, 2.24) is 0 Å². The molecule has 0 bridgehead atoms. The van der Waals surface area contributed by atoms with E-state index in [0.29, 0.717) is 0 Å². The van der Waals surface area contributed by atoms with Gasteiger partial charge in [0.25, 0.3) is 0 Å². The fraction of sp³-hybridized carbons (Fsp3) is 0.500. The zero-order valence-electron chi connectivity index (χ0n) is 9.08. The Kier molecular flexibility index (Phi) is 3.53. The van der Waals surface area contributed by atoms with E-state index in [9.17, 15) is 5.11 Å². The highest BCUT2D eigenvalue weighted by atomic mass is 16.5. The summed E-state index contributed by atoms with van der Waals surface area (Å²) in [6, 6.07) is 7.61. The minimum atomic E-state index is -0.790. The highest BCUT2D eigenvalue weighted by molar-refractivity contribution is 5.37. The summed E-state index contributed by atoms with van der Waals surface area (Å²) >= 11 is 0. The summed E-state index contributed by atoms with van der Waals surface area (Å²) in [6.45, 7) is 3.89. The summed E-state index contributed by atoms with van der Waals surface area (Å²) in [4.78, 5) is 0. The van der Waals surface area contributed by atoms with Crippen LogP contribution in [-0.2, 0) is 5.60 Å². The first-order chi connectivity index (χ1) is 6.61. The van der Waals surface area contributed by atoms with Crippen LogP contribution in [0.15, 0.2) is 24.3 Å². The van der Waals surface area contributed by atoms with Crippen LogP contribution in [0, 0.1) is 0 Å². The van der Waals surface area contributed by atoms with Crippen LogP contribution in [0.25, 0.3) is 0 Å². The molecule has 0 aliphatic carbocycles. The van der Waals surface area contributed by atoms with Gasteiger partial charge >= 0.3 is 0 Å². The summed E-state index contributed by atoms with van der Waals surface area (Å²) < 4.78 is 5.22. The SMILES string of the molecule is CCC[C@@](C)(O)c1ccccc1OC. The average molecular weight is 194 g/mol. The van der Waals surface area contributed by atoms with Crippen LogP contribution in [0.1, 0.15) is 32.3 Å². The first-order valence-corrected chi connectivity index (χ1v) is 4.97. The number of aliphatic hydroxyl groups is 1. The van der Waals surface area contributed by atoms with Crippen LogP contribution in [0.3, 0.4) is 0 Å². The molecule has 0 spiro atoms. The lowest BCUT2D eigenvalue weighted by atomic mass is 9.91. The van der Waals surface area contributed by atoms with E-state index in [4.69, 9.17) is 4.74 Å². The molecular weight excluding hydrogens is 176 g/mol. The molecule has 0 aliphatic rings. The predicted molar refractivity (Wildman–Crippen MR) is 57.5 cm³/mol. The second kappa shape index (κ2) is 4.47. The molecule has 0 saturated heterocycles. The van der Waals surface area contributed by atoms with Crippen molar-refractivity contribution in [3.05, 3.63) is 29.8 Å². The molecule has 14 heavy (non-hydrogen) atoms. The molecule has 0 unspecified atom stereocenters. The molecule has 1 atom stereocenters. The monoisotopic (exact) mass is 194 g/mol. The van der Waals surface area contributed by atoms with E-state index in [0.717, 1.165) is 24.2 Å². The van der Waals surface area contributed by atoms with Crippen LogP contribution in [0.5, 0.6) is 5.75 Å². The number of ether oxygens (including phenoxy) is 1. The van der Waals surface area contributed by atoms with Crippen LogP contribution in [-0.4, -0.2) is 12.2 Å². The fourth-order valence-electron chi connectivity index (χ4n) is 1.71. The molecule has 1 aromatic rings. The Morgan fingerprint density at radius 3 is 2.57 bits per heavy atom. The summed E-state index contributed by atoms with van der Waals surface area (Å²) in [6.07, 6.45) is 1.69. The van der Waals surface area contributed by atoms with Gasteiger partial charge in [0, 0.05) is 5.56 Å². The molecule has 1 aromatic carbocycles. The molecule has 1 N–H and O–H groups in total. The first kappa shape index (κ1) is 11.1. The third-order valence-electron chi connectivity index (χ3n) is 2.42. The standard InChI is InChI=1S/C12H18O2/c1-4-9-12(2,13)10-7-5-6-8-11(10)14-3/h5-8,13H,4,9H2,1-3H3/t12-/m1/s1. The Labute approximate surface area is 85.5 Å². The minimum absolute atomic E-state index is 0.743. The predicted octanol–water partition coefficient (Wildman–Crippen LogP) is 2.70. The number of hydrogen-bond acceptors (Lipinski definition) is 2. The number of methoxy groups -OCH3 is 1. The molecule has 1 rings (SSSR count). The number of benzene rings is 1. The molecule has 0 fully saturated rings. The Morgan fingerprint density at radius 2 is 2.00 bits per heavy atom. The molecule has 2 nitrogen and oxygen atoms in total. The van der Waals surface area contributed by atoms with E-state index in [1.807, 2.05) is 31.2 Å². The molecule has 0 saturated carbocycles. The molecule has 2 heteroatoms. The summed E-state index contributed by atoms with van der Waals surface area (Å²) in [7, 11) is 1.63. The van der Waals surface area contributed by atoms with Crippen molar-refractivity contribution < 1.29 is 9.84 Å². The molecule has 0 heterocycles. The van der Waals surface area contributed by atoms with Gasteiger partial charge in [-0.05, 0) is 19.4 Å². The molecule has 0 amide bonds. The zero-order valence-corrected chi connectivity index (χ0v) is 9.08. The van der Waals surface area contributed by atoms with Gasteiger partial charge in [-0.15, -0.1) is 0 Å². The van der Waals surface area contributed by atoms with Gasteiger partial charge in [-0.3, -0.25) is 0 Å². The summed E-state index contributed by atoms with van der Waals surface area (Å²) in [5.41, 5.74) is 0.0748. The number of hydrogen-bond donors (Lipinski definition) is 1. The van der Waals surface area contributed by atoms with E-state index in [1.165, 1.54) is 0 Å². The highest BCUT2D eigenvalue weighted by Crippen LogP contribution is 2.32. The molecule has 0 aromatic heterocycles. The Balaban J connectivity index is 3.04. The van der Waals surface area contributed by atoms with Gasteiger partial charge in [-0.1, -0.05) is 31.5 Å². The minimum Gasteiger partial charge on any atom is -0.496 e. The van der Waals surface area contributed by atoms with Gasteiger partial charge < -0.3 is 9.84 Å². The quantitative estimate of drug-likeness (QED) is 0.798. The average Bonchev–Trinajstić information content (AvgIpc) is 2.18. The van der Waals surface area contributed by atoms with Crippen molar-refractivity contribution >= 4 is 0 Å².